The number of rotatable bonds is 1. The van der Waals surface area contributed by atoms with E-state index in [1.807, 2.05) is 23.2 Å². The van der Waals surface area contributed by atoms with E-state index >= 15 is 0 Å². The summed E-state index contributed by atoms with van der Waals surface area (Å²) in [7, 11) is 0. The summed E-state index contributed by atoms with van der Waals surface area (Å²) >= 11 is 0. The van der Waals surface area contributed by atoms with Crippen LogP contribution in [0, 0.1) is 0 Å². The number of pyridine rings is 1. The van der Waals surface area contributed by atoms with Crippen molar-refractivity contribution in [3.63, 3.8) is 0 Å². The highest BCUT2D eigenvalue weighted by atomic mass is 16.2. The van der Waals surface area contributed by atoms with Crippen molar-refractivity contribution in [2.75, 3.05) is 11.4 Å². The van der Waals surface area contributed by atoms with Gasteiger partial charge in [0.25, 0.3) is 0 Å². The van der Waals surface area contributed by atoms with Gasteiger partial charge in [0.1, 0.15) is 0 Å². The molecule has 0 unspecified atom stereocenters. The van der Waals surface area contributed by atoms with Gasteiger partial charge in [0, 0.05) is 24.1 Å². The fourth-order valence-electron chi connectivity index (χ4n) is 1.91. The van der Waals surface area contributed by atoms with Crippen molar-refractivity contribution in [2.24, 2.45) is 0 Å². The van der Waals surface area contributed by atoms with E-state index in [2.05, 4.69) is 25.8 Å². The van der Waals surface area contributed by atoms with Gasteiger partial charge in [-0.15, -0.1) is 0 Å². The summed E-state index contributed by atoms with van der Waals surface area (Å²) in [4.78, 5) is 17.8. The normalized spacial score (nSPS) is 16.9. The Bertz CT molecular complexity index is 389. The number of aromatic nitrogens is 1. The zero-order chi connectivity index (χ0) is 11.8. The molecular formula is C13H18N2O. The lowest BCUT2D eigenvalue weighted by Crippen LogP contribution is -2.24. The standard InChI is InChI=1S/C13H18N2O/c1-13(2,3)11-7-6-10(9-14-11)15-8-4-5-12(15)16/h6-7,9H,4-5,8H2,1-3H3. The molecular weight excluding hydrogens is 200 g/mol. The van der Waals surface area contributed by atoms with Gasteiger partial charge in [0.15, 0.2) is 0 Å². The first kappa shape index (κ1) is 11.1. The van der Waals surface area contributed by atoms with Gasteiger partial charge >= 0.3 is 0 Å². The Morgan fingerprint density at radius 2 is 2.06 bits per heavy atom. The van der Waals surface area contributed by atoms with E-state index in [1.54, 1.807) is 0 Å². The summed E-state index contributed by atoms with van der Waals surface area (Å²) in [6.45, 7) is 7.23. The molecule has 3 nitrogen and oxygen atoms in total. The summed E-state index contributed by atoms with van der Waals surface area (Å²) in [5.41, 5.74) is 2.05. The van der Waals surface area contributed by atoms with Gasteiger partial charge < -0.3 is 4.90 Å². The van der Waals surface area contributed by atoms with Crippen molar-refractivity contribution in [1.82, 2.24) is 4.98 Å². The molecule has 0 radical (unpaired) electrons. The Morgan fingerprint density at radius 1 is 1.31 bits per heavy atom. The van der Waals surface area contributed by atoms with Crippen LogP contribution in [0.5, 0.6) is 0 Å². The van der Waals surface area contributed by atoms with Crippen LogP contribution in [0.1, 0.15) is 39.3 Å². The fourth-order valence-corrected chi connectivity index (χ4v) is 1.91. The largest absolute Gasteiger partial charge is 0.311 e. The highest BCUT2D eigenvalue weighted by Crippen LogP contribution is 2.24. The Labute approximate surface area is 96.5 Å². The van der Waals surface area contributed by atoms with E-state index in [9.17, 15) is 4.79 Å². The molecule has 1 aromatic rings. The molecule has 1 aromatic heterocycles. The molecule has 3 heteroatoms. The molecule has 2 heterocycles. The van der Waals surface area contributed by atoms with Crippen LogP contribution in [0.15, 0.2) is 18.3 Å². The van der Waals surface area contributed by atoms with Gasteiger partial charge in [0.2, 0.25) is 5.91 Å². The monoisotopic (exact) mass is 218 g/mol. The van der Waals surface area contributed by atoms with E-state index in [0.29, 0.717) is 6.42 Å². The minimum Gasteiger partial charge on any atom is -0.311 e. The zero-order valence-corrected chi connectivity index (χ0v) is 10.2. The molecule has 0 N–H and O–H groups in total. The van der Waals surface area contributed by atoms with Crippen molar-refractivity contribution in [1.29, 1.82) is 0 Å². The van der Waals surface area contributed by atoms with Crippen LogP contribution in [0.2, 0.25) is 0 Å². The molecule has 16 heavy (non-hydrogen) atoms. The van der Waals surface area contributed by atoms with Crippen LogP contribution in [0.3, 0.4) is 0 Å². The molecule has 1 aliphatic heterocycles. The molecule has 0 bridgehead atoms. The molecule has 0 spiro atoms. The topological polar surface area (TPSA) is 33.2 Å². The highest BCUT2D eigenvalue weighted by molar-refractivity contribution is 5.95. The van der Waals surface area contributed by atoms with Crippen molar-refractivity contribution in [3.8, 4) is 0 Å². The van der Waals surface area contributed by atoms with Gasteiger partial charge in [-0.1, -0.05) is 20.8 Å². The van der Waals surface area contributed by atoms with Crippen molar-refractivity contribution < 1.29 is 4.79 Å². The van der Waals surface area contributed by atoms with Gasteiger partial charge in [-0.2, -0.15) is 0 Å². The second-order valence-electron chi connectivity index (χ2n) is 5.30. The third kappa shape index (κ3) is 2.08. The lowest BCUT2D eigenvalue weighted by Gasteiger charge is -2.20. The predicted octanol–water partition coefficient (Wildman–Crippen LogP) is 2.51. The lowest BCUT2D eigenvalue weighted by molar-refractivity contribution is -0.117. The molecule has 1 saturated heterocycles. The van der Waals surface area contributed by atoms with Gasteiger partial charge in [0.05, 0.1) is 11.9 Å². The SMILES string of the molecule is CC(C)(C)c1ccc(N2CCCC2=O)cn1. The van der Waals surface area contributed by atoms with E-state index in [4.69, 9.17) is 0 Å². The summed E-state index contributed by atoms with van der Waals surface area (Å²) in [6.07, 6.45) is 3.44. The molecule has 1 amide bonds. The van der Waals surface area contributed by atoms with Crippen LogP contribution in [-0.4, -0.2) is 17.4 Å². The maximum absolute atomic E-state index is 11.6. The Balaban J connectivity index is 2.22. The Hall–Kier alpha value is -1.38. The summed E-state index contributed by atoms with van der Waals surface area (Å²) in [5, 5.41) is 0. The van der Waals surface area contributed by atoms with E-state index in [-0.39, 0.29) is 11.3 Å². The predicted molar refractivity (Wildman–Crippen MR) is 64.5 cm³/mol. The Kier molecular flexibility index (Phi) is 2.70. The van der Waals surface area contributed by atoms with Gasteiger partial charge in [-0.3, -0.25) is 9.78 Å². The van der Waals surface area contributed by atoms with Crippen LogP contribution in [0.25, 0.3) is 0 Å². The molecule has 86 valence electrons. The third-order valence-electron chi connectivity index (χ3n) is 2.90. The minimum atomic E-state index is 0.0630. The number of hydrogen-bond acceptors (Lipinski definition) is 2. The summed E-state index contributed by atoms with van der Waals surface area (Å²) in [6, 6.07) is 4.01. The van der Waals surface area contributed by atoms with Gasteiger partial charge in [-0.25, -0.2) is 0 Å². The van der Waals surface area contributed by atoms with Crippen LogP contribution < -0.4 is 4.90 Å². The second-order valence-corrected chi connectivity index (χ2v) is 5.30. The number of nitrogens with zero attached hydrogens (tertiary/aromatic N) is 2. The summed E-state index contributed by atoms with van der Waals surface area (Å²) < 4.78 is 0. The Morgan fingerprint density at radius 3 is 2.50 bits per heavy atom. The van der Waals surface area contributed by atoms with E-state index in [0.717, 1.165) is 24.3 Å². The number of carbonyl (C=O) groups is 1. The summed E-state index contributed by atoms with van der Waals surface area (Å²) in [5.74, 6) is 0.213. The van der Waals surface area contributed by atoms with Crippen LogP contribution in [-0.2, 0) is 10.2 Å². The quantitative estimate of drug-likeness (QED) is 0.725. The number of hydrogen-bond donors (Lipinski definition) is 0. The molecule has 0 atom stereocenters. The average Bonchev–Trinajstić information content (AvgIpc) is 2.63. The van der Waals surface area contributed by atoms with E-state index < -0.39 is 0 Å². The van der Waals surface area contributed by atoms with Gasteiger partial charge in [-0.05, 0) is 18.6 Å². The molecule has 2 rings (SSSR count). The number of carbonyl (C=O) groups excluding carboxylic acids is 1. The molecule has 1 aliphatic rings. The van der Waals surface area contributed by atoms with Crippen molar-refractivity contribution in [2.45, 2.75) is 39.0 Å². The van der Waals surface area contributed by atoms with Crippen LogP contribution in [0.4, 0.5) is 5.69 Å². The first-order valence-corrected chi connectivity index (χ1v) is 5.75. The minimum absolute atomic E-state index is 0.0630. The number of anilines is 1. The zero-order valence-electron chi connectivity index (χ0n) is 10.2. The first-order chi connectivity index (χ1) is 7.48. The second kappa shape index (κ2) is 3.89. The third-order valence-corrected chi connectivity index (χ3v) is 2.90. The molecule has 0 aliphatic carbocycles. The van der Waals surface area contributed by atoms with Crippen molar-refractivity contribution in [3.05, 3.63) is 24.0 Å². The highest BCUT2D eigenvalue weighted by Gasteiger charge is 2.22. The fraction of sp³-hybridized carbons (Fsp3) is 0.538. The number of amides is 1. The molecule has 1 fully saturated rings. The van der Waals surface area contributed by atoms with E-state index in [1.165, 1.54) is 0 Å². The first-order valence-electron chi connectivity index (χ1n) is 5.75. The maximum Gasteiger partial charge on any atom is 0.227 e. The molecule has 0 aromatic carbocycles. The average molecular weight is 218 g/mol. The smallest absolute Gasteiger partial charge is 0.227 e. The molecule has 0 saturated carbocycles. The van der Waals surface area contributed by atoms with Crippen molar-refractivity contribution >= 4 is 11.6 Å². The maximum atomic E-state index is 11.6. The van der Waals surface area contributed by atoms with Crippen LogP contribution >= 0.6 is 0 Å². The lowest BCUT2D eigenvalue weighted by atomic mass is 9.92.